The first-order valence-electron chi connectivity index (χ1n) is 15.6. The van der Waals surface area contributed by atoms with Gasteiger partial charge >= 0.3 is 12.1 Å². The Morgan fingerprint density at radius 1 is 1.00 bits per heavy atom. The van der Waals surface area contributed by atoms with Crippen LogP contribution in [0.25, 0.3) is 0 Å². The number of hydrogen-bond acceptors (Lipinski definition) is 11. The number of nitrogens with zero attached hydrogens (tertiary/aromatic N) is 3. The number of hydrazine groups is 1. The molecule has 0 aliphatic carbocycles. The van der Waals surface area contributed by atoms with Crippen LogP contribution in [0, 0.1) is 5.82 Å². The minimum atomic E-state index is -0.948. The average molecular weight is 669 g/mol. The van der Waals surface area contributed by atoms with Crippen molar-refractivity contribution >= 4 is 52.5 Å². The molecule has 258 valence electrons. The molecule has 2 heterocycles. The predicted molar refractivity (Wildman–Crippen MR) is 174 cm³/mol. The van der Waals surface area contributed by atoms with E-state index in [4.69, 9.17) is 9.47 Å². The van der Waals surface area contributed by atoms with E-state index in [9.17, 15) is 28.8 Å². The summed E-state index contributed by atoms with van der Waals surface area (Å²) in [6, 6.07) is 11.0. The van der Waals surface area contributed by atoms with E-state index < -0.39 is 35.4 Å². The molecule has 2 aliphatic rings. The lowest BCUT2D eigenvalue weighted by atomic mass is 10.1. The summed E-state index contributed by atoms with van der Waals surface area (Å²) in [7, 11) is 0. The molecule has 0 unspecified atom stereocenters. The highest BCUT2D eigenvalue weighted by molar-refractivity contribution is 6.34. The van der Waals surface area contributed by atoms with Crippen molar-refractivity contribution in [3.05, 3.63) is 53.8 Å². The molecule has 3 amide bonds. The van der Waals surface area contributed by atoms with Crippen molar-refractivity contribution in [3.63, 3.8) is 0 Å². The van der Waals surface area contributed by atoms with Gasteiger partial charge in [-0.3, -0.25) is 24.1 Å². The number of esters is 1. The number of carbonyl (C=O) groups is 6. The SMILES string of the molecule is CC(=O)NC[C@H]1CN(c2ccc(N3CCN(C(=O)CCC(=O)c4cccc(NNCC(=O)C(=O)OC(C)(C)C)c4)CC3)c(F)c2)C(=O)O1. The summed E-state index contributed by atoms with van der Waals surface area (Å²) in [6.07, 6.45) is -1.15. The molecule has 0 saturated carbocycles. The molecule has 1 atom stereocenters. The number of ether oxygens (including phenoxy) is 2. The molecule has 4 rings (SSSR count). The number of piperazine rings is 1. The maximum absolute atomic E-state index is 15.2. The van der Waals surface area contributed by atoms with Crippen molar-refractivity contribution in [3.8, 4) is 0 Å². The summed E-state index contributed by atoms with van der Waals surface area (Å²) in [5.74, 6) is -2.88. The molecule has 0 bridgehead atoms. The van der Waals surface area contributed by atoms with Gasteiger partial charge < -0.3 is 30.0 Å². The van der Waals surface area contributed by atoms with Crippen molar-refractivity contribution in [2.75, 3.05) is 61.0 Å². The Bertz CT molecular complexity index is 1550. The average Bonchev–Trinajstić information content (AvgIpc) is 3.42. The molecule has 48 heavy (non-hydrogen) atoms. The van der Waals surface area contributed by atoms with E-state index in [1.165, 1.54) is 17.9 Å². The Kier molecular flexibility index (Phi) is 11.7. The first-order chi connectivity index (χ1) is 22.7. The van der Waals surface area contributed by atoms with E-state index in [1.54, 1.807) is 62.1 Å². The van der Waals surface area contributed by atoms with Crippen molar-refractivity contribution < 1.29 is 42.6 Å². The van der Waals surface area contributed by atoms with E-state index in [2.05, 4.69) is 16.2 Å². The summed E-state index contributed by atoms with van der Waals surface area (Å²) in [6.45, 7) is 7.87. The number of nitrogens with one attached hydrogen (secondary N) is 3. The zero-order valence-corrected chi connectivity index (χ0v) is 27.5. The van der Waals surface area contributed by atoms with Gasteiger partial charge in [-0.25, -0.2) is 19.4 Å². The molecule has 3 N–H and O–H groups in total. The van der Waals surface area contributed by atoms with Crippen LogP contribution in [-0.4, -0.2) is 97.9 Å². The highest BCUT2D eigenvalue weighted by Crippen LogP contribution is 2.28. The zero-order valence-electron chi connectivity index (χ0n) is 27.5. The second-order valence-electron chi connectivity index (χ2n) is 12.5. The van der Waals surface area contributed by atoms with Crippen LogP contribution in [0.3, 0.4) is 0 Å². The molecule has 14 nitrogen and oxygen atoms in total. The minimum Gasteiger partial charge on any atom is -0.454 e. The zero-order chi connectivity index (χ0) is 35.0. The lowest BCUT2D eigenvalue weighted by Crippen LogP contribution is -2.49. The first kappa shape index (κ1) is 35.8. The van der Waals surface area contributed by atoms with Crippen LogP contribution in [-0.2, 0) is 28.7 Å². The predicted octanol–water partition coefficient (Wildman–Crippen LogP) is 2.43. The van der Waals surface area contributed by atoms with Crippen molar-refractivity contribution in [2.45, 2.75) is 52.2 Å². The summed E-state index contributed by atoms with van der Waals surface area (Å²) >= 11 is 0. The number of benzene rings is 2. The third-order valence-corrected chi connectivity index (χ3v) is 7.53. The smallest absolute Gasteiger partial charge is 0.414 e. The molecule has 0 aromatic heterocycles. The number of carbonyl (C=O) groups excluding carboxylic acids is 6. The number of hydrogen-bond donors (Lipinski definition) is 3. The van der Waals surface area contributed by atoms with E-state index in [0.717, 1.165) is 0 Å². The van der Waals surface area contributed by atoms with Crippen molar-refractivity contribution in [2.24, 2.45) is 0 Å². The molecule has 2 fully saturated rings. The van der Waals surface area contributed by atoms with Gasteiger partial charge in [0.2, 0.25) is 11.8 Å². The summed E-state index contributed by atoms with van der Waals surface area (Å²) in [5, 5.41) is 2.60. The Labute approximate surface area is 277 Å². The molecule has 2 saturated heterocycles. The summed E-state index contributed by atoms with van der Waals surface area (Å²) in [4.78, 5) is 77.8. The first-order valence-corrected chi connectivity index (χ1v) is 15.6. The third kappa shape index (κ3) is 9.97. The van der Waals surface area contributed by atoms with Crippen LogP contribution < -0.4 is 26.0 Å². The molecule has 0 spiro atoms. The monoisotopic (exact) mass is 668 g/mol. The number of halogens is 1. The Morgan fingerprint density at radius 2 is 1.73 bits per heavy atom. The second-order valence-corrected chi connectivity index (χ2v) is 12.5. The van der Waals surface area contributed by atoms with Crippen LogP contribution >= 0.6 is 0 Å². The van der Waals surface area contributed by atoms with Gasteiger partial charge in [-0.05, 0) is 51.1 Å². The normalized spacial score (nSPS) is 16.3. The van der Waals surface area contributed by atoms with Gasteiger partial charge in [0.1, 0.15) is 17.5 Å². The number of anilines is 3. The van der Waals surface area contributed by atoms with Crippen molar-refractivity contribution in [1.82, 2.24) is 15.6 Å². The standard InChI is InChI=1S/C33H41FN6O8/c1-21(41)35-18-25-20-40(32(46)47-25)24-8-9-27(26(34)17-24)38-12-14-39(15-13-38)30(44)11-10-28(42)22-6-5-7-23(16-22)37-36-19-29(43)31(45)48-33(2,3)4/h5-9,16-17,25,36-37H,10-15,18-20H2,1-4H3,(H,35,41)/t25-/m0/s1. The molecular formula is C33H41FN6O8. The Morgan fingerprint density at radius 3 is 2.40 bits per heavy atom. The van der Waals surface area contributed by atoms with E-state index >= 15 is 4.39 Å². The molecular weight excluding hydrogens is 627 g/mol. The molecule has 2 aromatic rings. The van der Waals surface area contributed by atoms with Gasteiger partial charge in [-0.15, -0.1) is 0 Å². The lowest BCUT2D eigenvalue weighted by Gasteiger charge is -2.36. The lowest BCUT2D eigenvalue weighted by molar-refractivity contribution is -0.162. The number of cyclic esters (lactones) is 1. The number of Topliss-reactive ketones (excluding diaryl/α,β-unsaturated/α-hetero) is 2. The van der Waals surface area contributed by atoms with Gasteiger partial charge in [0.25, 0.3) is 5.78 Å². The number of rotatable bonds is 13. The fraction of sp³-hybridized carbons (Fsp3) is 0.455. The Balaban J connectivity index is 1.21. The largest absolute Gasteiger partial charge is 0.454 e. The van der Waals surface area contributed by atoms with Crippen LogP contribution in [0.15, 0.2) is 42.5 Å². The van der Waals surface area contributed by atoms with Gasteiger partial charge in [0.15, 0.2) is 5.78 Å². The highest BCUT2D eigenvalue weighted by Gasteiger charge is 2.33. The molecule has 2 aromatic carbocycles. The van der Waals surface area contributed by atoms with E-state index in [-0.39, 0.29) is 50.1 Å². The molecule has 0 radical (unpaired) electrons. The maximum atomic E-state index is 15.2. The quantitative estimate of drug-likeness (QED) is 0.124. The van der Waals surface area contributed by atoms with E-state index in [1.807, 2.05) is 4.90 Å². The number of ketones is 2. The van der Waals surface area contributed by atoms with Crippen LogP contribution in [0.4, 0.5) is 26.2 Å². The maximum Gasteiger partial charge on any atom is 0.414 e. The number of amides is 3. The Hall–Kier alpha value is -5.05. The van der Waals surface area contributed by atoms with Crippen LogP contribution in [0.2, 0.25) is 0 Å². The molecule has 2 aliphatic heterocycles. The summed E-state index contributed by atoms with van der Waals surface area (Å²) in [5.41, 5.74) is 6.20. The second kappa shape index (κ2) is 15.7. The van der Waals surface area contributed by atoms with Gasteiger partial charge in [0.05, 0.1) is 31.0 Å². The van der Waals surface area contributed by atoms with Gasteiger partial charge in [-0.1, -0.05) is 12.1 Å². The molecule has 15 heteroatoms. The topological polar surface area (TPSA) is 167 Å². The van der Waals surface area contributed by atoms with Gasteiger partial charge in [-0.2, -0.15) is 0 Å². The minimum absolute atomic E-state index is 0.00619. The third-order valence-electron chi connectivity index (χ3n) is 7.53. The highest BCUT2D eigenvalue weighted by atomic mass is 19.1. The van der Waals surface area contributed by atoms with E-state index in [0.29, 0.717) is 48.8 Å². The van der Waals surface area contributed by atoms with Crippen LogP contribution in [0.5, 0.6) is 0 Å². The summed E-state index contributed by atoms with van der Waals surface area (Å²) < 4.78 is 25.5. The fourth-order valence-corrected chi connectivity index (χ4v) is 5.14. The van der Waals surface area contributed by atoms with Gasteiger partial charge in [0, 0.05) is 57.2 Å². The van der Waals surface area contributed by atoms with Crippen LogP contribution in [0.1, 0.15) is 50.9 Å². The van der Waals surface area contributed by atoms with Crippen molar-refractivity contribution in [1.29, 1.82) is 0 Å². The fourth-order valence-electron chi connectivity index (χ4n) is 5.14.